The summed E-state index contributed by atoms with van der Waals surface area (Å²) in [6.45, 7) is 2.34. The molecule has 0 aliphatic rings. The van der Waals surface area contributed by atoms with Crippen LogP contribution in [0.5, 0.6) is 0 Å². The maximum Gasteiger partial charge on any atom is 0.241 e. The van der Waals surface area contributed by atoms with Crippen molar-refractivity contribution in [3.8, 4) is 0 Å². The van der Waals surface area contributed by atoms with Gasteiger partial charge in [-0.1, -0.05) is 18.5 Å². The summed E-state index contributed by atoms with van der Waals surface area (Å²) >= 11 is 7.74. The Hall–Kier alpha value is 0.150. The van der Waals surface area contributed by atoms with Gasteiger partial charge in [-0.25, -0.2) is 13.1 Å². The van der Waals surface area contributed by atoms with E-state index in [1.54, 1.807) is 12.1 Å². The molecule has 0 spiro atoms. The van der Waals surface area contributed by atoms with Crippen LogP contribution in [0.3, 0.4) is 0 Å². The first-order valence-electron chi connectivity index (χ1n) is 4.42. The van der Waals surface area contributed by atoms with Crippen molar-refractivity contribution in [2.45, 2.75) is 18.2 Å². The Morgan fingerprint density at radius 2 is 2.13 bits per heavy atom. The van der Waals surface area contributed by atoms with Gasteiger partial charge in [0, 0.05) is 15.1 Å². The van der Waals surface area contributed by atoms with Gasteiger partial charge in [0.25, 0.3) is 0 Å². The molecular weight excluding hydrogens is 349 g/mol. The average Bonchev–Trinajstić information content (AvgIpc) is 2.18. The lowest BCUT2D eigenvalue weighted by Gasteiger charge is -2.07. The van der Waals surface area contributed by atoms with Gasteiger partial charge in [0.15, 0.2) is 0 Å². The highest BCUT2D eigenvalue weighted by atomic mass is 127. The first-order chi connectivity index (χ1) is 6.97. The fourth-order valence-electron chi connectivity index (χ4n) is 0.997. The number of rotatable bonds is 4. The van der Waals surface area contributed by atoms with Gasteiger partial charge < -0.3 is 0 Å². The van der Waals surface area contributed by atoms with Crippen LogP contribution in [0.15, 0.2) is 23.1 Å². The van der Waals surface area contributed by atoms with Crippen LogP contribution in [-0.4, -0.2) is 15.0 Å². The molecule has 0 aromatic heterocycles. The minimum atomic E-state index is -3.42. The van der Waals surface area contributed by atoms with Crippen molar-refractivity contribution in [3.63, 3.8) is 0 Å². The van der Waals surface area contributed by atoms with E-state index in [0.29, 0.717) is 15.1 Å². The summed E-state index contributed by atoms with van der Waals surface area (Å²) in [6, 6.07) is 4.81. The summed E-state index contributed by atoms with van der Waals surface area (Å²) in [5.41, 5.74) is 0. The van der Waals surface area contributed by atoms with Gasteiger partial charge >= 0.3 is 0 Å². The van der Waals surface area contributed by atoms with E-state index in [1.807, 2.05) is 29.5 Å². The summed E-state index contributed by atoms with van der Waals surface area (Å²) in [4.78, 5) is 0.240. The first-order valence-corrected chi connectivity index (χ1v) is 7.36. The van der Waals surface area contributed by atoms with E-state index in [0.717, 1.165) is 6.42 Å². The van der Waals surface area contributed by atoms with Gasteiger partial charge in [-0.3, -0.25) is 0 Å². The van der Waals surface area contributed by atoms with Crippen LogP contribution >= 0.6 is 34.2 Å². The SMILES string of the molecule is CCCNS(=O)(=O)c1cc(Cl)ccc1I. The summed E-state index contributed by atoms with van der Waals surface area (Å²) in [5, 5.41) is 0.423. The molecule has 1 N–H and O–H groups in total. The number of halogens is 2. The zero-order chi connectivity index (χ0) is 11.5. The third kappa shape index (κ3) is 3.58. The van der Waals surface area contributed by atoms with Gasteiger partial charge in [0.1, 0.15) is 0 Å². The molecule has 0 heterocycles. The van der Waals surface area contributed by atoms with E-state index in [9.17, 15) is 8.42 Å². The lowest BCUT2D eigenvalue weighted by Crippen LogP contribution is -2.25. The van der Waals surface area contributed by atoms with Crippen LogP contribution in [0.2, 0.25) is 5.02 Å². The van der Waals surface area contributed by atoms with E-state index < -0.39 is 10.0 Å². The Bertz CT molecular complexity index is 447. The van der Waals surface area contributed by atoms with E-state index in [-0.39, 0.29) is 4.90 Å². The molecule has 0 fully saturated rings. The molecule has 1 aromatic carbocycles. The third-order valence-corrected chi connectivity index (χ3v) is 4.77. The Labute approximate surface area is 108 Å². The molecule has 1 rings (SSSR count). The Kier molecular flexibility index (Phi) is 4.82. The highest BCUT2D eigenvalue weighted by Gasteiger charge is 2.16. The Morgan fingerprint density at radius 1 is 1.47 bits per heavy atom. The topological polar surface area (TPSA) is 46.2 Å². The molecule has 0 amide bonds. The van der Waals surface area contributed by atoms with Gasteiger partial charge in [0.2, 0.25) is 10.0 Å². The highest BCUT2D eigenvalue weighted by Crippen LogP contribution is 2.21. The summed E-state index contributed by atoms with van der Waals surface area (Å²) in [5.74, 6) is 0. The summed E-state index contributed by atoms with van der Waals surface area (Å²) < 4.78 is 26.7. The van der Waals surface area contributed by atoms with Crippen LogP contribution in [0.25, 0.3) is 0 Å². The maximum absolute atomic E-state index is 11.8. The van der Waals surface area contributed by atoms with Gasteiger partial charge in [0.05, 0.1) is 4.90 Å². The van der Waals surface area contributed by atoms with Crippen LogP contribution in [0.4, 0.5) is 0 Å². The lowest BCUT2D eigenvalue weighted by atomic mass is 10.4. The van der Waals surface area contributed by atoms with E-state index in [2.05, 4.69) is 4.72 Å². The minimum Gasteiger partial charge on any atom is -0.211 e. The second-order valence-corrected chi connectivity index (χ2v) is 6.31. The molecule has 0 saturated carbocycles. The van der Waals surface area contributed by atoms with Crippen LogP contribution < -0.4 is 4.72 Å². The average molecular weight is 360 g/mol. The monoisotopic (exact) mass is 359 g/mol. The number of benzene rings is 1. The molecule has 0 aliphatic heterocycles. The standard InChI is InChI=1S/C9H11ClINO2S/c1-2-5-12-15(13,14)9-6-7(10)3-4-8(9)11/h3-4,6,12H,2,5H2,1H3. The number of nitrogens with one attached hydrogen (secondary N) is 1. The van der Waals surface area contributed by atoms with Crippen molar-refractivity contribution in [2.24, 2.45) is 0 Å². The van der Waals surface area contributed by atoms with Crippen LogP contribution in [0.1, 0.15) is 13.3 Å². The van der Waals surface area contributed by atoms with Crippen LogP contribution in [0, 0.1) is 3.57 Å². The fraction of sp³-hybridized carbons (Fsp3) is 0.333. The largest absolute Gasteiger partial charge is 0.241 e. The van der Waals surface area contributed by atoms with Crippen molar-refractivity contribution in [2.75, 3.05) is 6.54 Å². The van der Waals surface area contributed by atoms with E-state index in [1.165, 1.54) is 6.07 Å². The highest BCUT2D eigenvalue weighted by molar-refractivity contribution is 14.1. The van der Waals surface area contributed by atoms with Gasteiger partial charge in [-0.05, 0) is 47.2 Å². The molecule has 1 aromatic rings. The predicted molar refractivity (Wildman–Crippen MR) is 69.6 cm³/mol. The number of hydrogen-bond acceptors (Lipinski definition) is 2. The summed E-state index contributed by atoms with van der Waals surface area (Å²) in [6.07, 6.45) is 0.760. The molecule has 0 aliphatic carbocycles. The Balaban J connectivity index is 3.09. The molecule has 0 radical (unpaired) electrons. The quantitative estimate of drug-likeness (QED) is 0.840. The predicted octanol–water partition coefficient (Wildman–Crippen LogP) is 2.63. The molecule has 0 saturated heterocycles. The van der Waals surface area contributed by atoms with Crippen molar-refractivity contribution < 1.29 is 8.42 Å². The first kappa shape index (κ1) is 13.2. The number of hydrogen-bond donors (Lipinski definition) is 1. The molecule has 84 valence electrons. The van der Waals surface area contributed by atoms with Gasteiger partial charge in [-0.2, -0.15) is 0 Å². The third-order valence-electron chi connectivity index (χ3n) is 1.72. The summed E-state index contributed by atoms with van der Waals surface area (Å²) in [7, 11) is -3.42. The van der Waals surface area contributed by atoms with E-state index in [4.69, 9.17) is 11.6 Å². The molecule has 3 nitrogen and oxygen atoms in total. The molecule has 15 heavy (non-hydrogen) atoms. The zero-order valence-corrected chi connectivity index (χ0v) is 11.9. The molecular formula is C9H11ClINO2S. The van der Waals surface area contributed by atoms with Crippen molar-refractivity contribution in [3.05, 3.63) is 26.8 Å². The van der Waals surface area contributed by atoms with E-state index >= 15 is 0 Å². The van der Waals surface area contributed by atoms with Gasteiger partial charge in [-0.15, -0.1) is 0 Å². The fourth-order valence-corrected chi connectivity index (χ4v) is 3.67. The van der Waals surface area contributed by atoms with Crippen molar-refractivity contribution in [1.29, 1.82) is 0 Å². The zero-order valence-electron chi connectivity index (χ0n) is 8.13. The van der Waals surface area contributed by atoms with Crippen LogP contribution in [-0.2, 0) is 10.0 Å². The molecule has 0 unspecified atom stereocenters. The number of sulfonamides is 1. The second kappa shape index (κ2) is 5.47. The minimum absolute atomic E-state index is 0.240. The van der Waals surface area contributed by atoms with Crippen molar-refractivity contribution >= 4 is 44.2 Å². The Morgan fingerprint density at radius 3 is 2.73 bits per heavy atom. The molecule has 0 bridgehead atoms. The second-order valence-electron chi connectivity index (χ2n) is 2.97. The maximum atomic E-state index is 11.8. The smallest absolute Gasteiger partial charge is 0.211 e. The molecule has 0 atom stereocenters. The molecule has 6 heteroatoms. The lowest BCUT2D eigenvalue weighted by molar-refractivity contribution is 0.580. The normalized spacial score (nSPS) is 11.7. The van der Waals surface area contributed by atoms with Crippen molar-refractivity contribution in [1.82, 2.24) is 4.72 Å².